The molecule has 0 aliphatic rings. The van der Waals surface area contributed by atoms with Gasteiger partial charge in [-0.1, -0.05) is 17.4 Å². The van der Waals surface area contributed by atoms with Gasteiger partial charge in [-0.15, -0.1) is 10.2 Å². The van der Waals surface area contributed by atoms with Crippen molar-refractivity contribution < 1.29 is 21.6 Å². The molecule has 0 fully saturated rings. The number of hydrogen-bond donors (Lipinski definition) is 4. The zero-order valence-corrected chi connectivity index (χ0v) is 15.0. The quantitative estimate of drug-likeness (QED) is 0.335. The largest absolute Gasteiger partial charge is 0.399 e. The van der Waals surface area contributed by atoms with Crippen molar-refractivity contribution >= 4 is 48.1 Å². The van der Waals surface area contributed by atoms with E-state index in [4.69, 9.17) is 10.9 Å². The molecule has 0 unspecified atom stereocenters. The molecule has 0 spiro atoms. The number of primary sulfonamides is 1. The monoisotopic (exact) mass is 406 g/mol. The van der Waals surface area contributed by atoms with Crippen molar-refractivity contribution in [2.24, 2.45) is 5.14 Å². The molecule has 0 bridgehead atoms. The Labute approximate surface area is 147 Å². The summed E-state index contributed by atoms with van der Waals surface area (Å²) in [4.78, 5) is 11.7. The van der Waals surface area contributed by atoms with E-state index < -0.39 is 30.3 Å². The molecule has 0 saturated carbocycles. The van der Waals surface area contributed by atoms with Gasteiger partial charge in [0.05, 0.1) is 4.90 Å². The van der Waals surface area contributed by atoms with E-state index in [-0.39, 0.29) is 23.0 Å². The summed E-state index contributed by atoms with van der Waals surface area (Å²) in [5, 5.41) is 13.9. The van der Waals surface area contributed by atoms with Crippen LogP contribution in [0.4, 0.5) is 10.8 Å². The first-order chi connectivity index (χ1) is 11.6. The Morgan fingerprint density at radius 2 is 1.92 bits per heavy atom. The number of anilines is 2. The summed E-state index contributed by atoms with van der Waals surface area (Å²) in [6, 6.07) is 5.70. The van der Waals surface area contributed by atoms with Crippen LogP contribution in [-0.4, -0.2) is 39.5 Å². The second-order valence-electron chi connectivity index (χ2n) is 4.69. The van der Waals surface area contributed by atoms with Crippen molar-refractivity contribution in [3.05, 3.63) is 24.3 Å². The summed E-state index contributed by atoms with van der Waals surface area (Å²) in [6.45, 7) is -0.177. The van der Waals surface area contributed by atoms with E-state index in [1.165, 1.54) is 18.2 Å². The van der Waals surface area contributed by atoms with E-state index in [9.17, 15) is 21.6 Å². The number of aromatic nitrogens is 2. The first-order valence-electron chi connectivity index (χ1n) is 6.59. The molecule has 0 saturated heterocycles. The predicted molar refractivity (Wildman–Crippen MR) is 90.6 cm³/mol. The molecule has 1 aromatic heterocycles. The lowest BCUT2D eigenvalue weighted by atomic mass is 10.3. The SMILES string of the molecule is Nc1cccc(S(=O)(=O)NCCC(=O)Nc2nnc(S(N)(=O)=O)s2)c1. The van der Waals surface area contributed by atoms with Gasteiger partial charge >= 0.3 is 0 Å². The maximum absolute atomic E-state index is 12.0. The molecular weight excluding hydrogens is 392 g/mol. The van der Waals surface area contributed by atoms with E-state index in [1.54, 1.807) is 6.07 Å². The van der Waals surface area contributed by atoms with E-state index in [0.717, 1.165) is 0 Å². The summed E-state index contributed by atoms with van der Waals surface area (Å²) in [7, 11) is -7.79. The molecule has 136 valence electrons. The highest BCUT2D eigenvalue weighted by Gasteiger charge is 2.17. The minimum atomic E-state index is -4.00. The standard InChI is InChI=1S/C11H14N6O5S3/c12-7-2-1-3-8(6-7)25(21,22)14-5-4-9(18)15-10-16-17-11(23-10)24(13,19)20/h1-3,6,14H,4-5,12H2,(H2,13,19,20)(H,15,16,18). The molecule has 0 aliphatic carbocycles. The number of sulfonamides is 2. The number of amides is 1. The van der Waals surface area contributed by atoms with Crippen molar-refractivity contribution in [1.82, 2.24) is 14.9 Å². The molecule has 1 amide bonds. The third-order valence-electron chi connectivity index (χ3n) is 2.71. The number of nitrogens with two attached hydrogens (primary N) is 2. The second-order valence-corrected chi connectivity index (χ2v) is 9.17. The fourth-order valence-electron chi connectivity index (χ4n) is 1.62. The number of rotatable bonds is 7. The fraction of sp³-hybridized carbons (Fsp3) is 0.182. The van der Waals surface area contributed by atoms with Crippen LogP contribution in [-0.2, 0) is 24.8 Å². The smallest absolute Gasteiger partial charge is 0.267 e. The number of hydrogen-bond acceptors (Lipinski definition) is 9. The van der Waals surface area contributed by atoms with Gasteiger partial charge in [0.15, 0.2) is 0 Å². The Balaban J connectivity index is 1.89. The zero-order chi connectivity index (χ0) is 18.7. The van der Waals surface area contributed by atoms with E-state index in [2.05, 4.69) is 20.2 Å². The number of nitrogen functional groups attached to an aromatic ring is 1. The minimum Gasteiger partial charge on any atom is -0.399 e. The molecule has 14 heteroatoms. The van der Waals surface area contributed by atoms with Crippen molar-refractivity contribution in [2.45, 2.75) is 15.7 Å². The Kier molecular flexibility index (Phi) is 5.69. The molecule has 0 atom stereocenters. The normalized spacial score (nSPS) is 12.0. The summed E-state index contributed by atoms with van der Waals surface area (Å²) in [6.07, 6.45) is -0.203. The van der Waals surface area contributed by atoms with Gasteiger partial charge in [0.2, 0.25) is 25.4 Å². The maximum Gasteiger partial charge on any atom is 0.267 e. The Morgan fingerprint density at radius 1 is 1.20 bits per heavy atom. The highest BCUT2D eigenvalue weighted by atomic mass is 32.2. The predicted octanol–water partition coefficient (Wildman–Crippen LogP) is -0.925. The van der Waals surface area contributed by atoms with Gasteiger partial charge in [-0.25, -0.2) is 26.7 Å². The lowest BCUT2D eigenvalue weighted by Crippen LogP contribution is -2.27. The van der Waals surface area contributed by atoms with E-state index >= 15 is 0 Å². The average Bonchev–Trinajstić information content (AvgIpc) is 2.95. The average molecular weight is 406 g/mol. The van der Waals surface area contributed by atoms with E-state index in [0.29, 0.717) is 17.0 Å². The molecule has 25 heavy (non-hydrogen) atoms. The summed E-state index contributed by atoms with van der Waals surface area (Å²) in [5.74, 6) is -0.576. The Hall–Kier alpha value is -2.13. The van der Waals surface area contributed by atoms with Crippen molar-refractivity contribution in [3.8, 4) is 0 Å². The van der Waals surface area contributed by atoms with Crippen LogP contribution >= 0.6 is 11.3 Å². The van der Waals surface area contributed by atoms with Crippen LogP contribution in [0.2, 0.25) is 0 Å². The zero-order valence-electron chi connectivity index (χ0n) is 12.5. The molecule has 6 N–H and O–H groups in total. The molecule has 0 aliphatic heterocycles. The third kappa shape index (κ3) is 5.43. The molecule has 1 aromatic carbocycles. The lowest BCUT2D eigenvalue weighted by Gasteiger charge is -2.07. The van der Waals surface area contributed by atoms with E-state index in [1.807, 2.05) is 0 Å². The number of nitrogens with one attached hydrogen (secondary N) is 2. The van der Waals surface area contributed by atoms with Gasteiger partial charge in [0, 0.05) is 18.7 Å². The molecular formula is C11H14N6O5S3. The summed E-state index contributed by atoms with van der Waals surface area (Å²) in [5.41, 5.74) is 5.82. The number of carbonyl (C=O) groups excluding carboxylic acids is 1. The first-order valence-corrected chi connectivity index (χ1v) is 10.4. The van der Waals surface area contributed by atoms with Crippen LogP contribution in [0.25, 0.3) is 0 Å². The van der Waals surface area contributed by atoms with Gasteiger partial charge in [0.1, 0.15) is 0 Å². The fourth-order valence-corrected chi connectivity index (χ4v) is 4.06. The Morgan fingerprint density at radius 3 is 2.52 bits per heavy atom. The van der Waals surface area contributed by atoms with Gasteiger partial charge in [0.25, 0.3) is 10.0 Å². The molecule has 0 radical (unpaired) electrons. The summed E-state index contributed by atoms with van der Waals surface area (Å²) >= 11 is 0.586. The van der Waals surface area contributed by atoms with Crippen LogP contribution in [0.5, 0.6) is 0 Å². The Bertz CT molecular complexity index is 985. The van der Waals surface area contributed by atoms with Gasteiger partial charge in [-0.3, -0.25) is 4.79 Å². The van der Waals surface area contributed by atoms with Crippen molar-refractivity contribution in [1.29, 1.82) is 0 Å². The van der Waals surface area contributed by atoms with Gasteiger partial charge in [-0.05, 0) is 18.2 Å². The van der Waals surface area contributed by atoms with Crippen LogP contribution in [0.3, 0.4) is 0 Å². The molecule has 2 rings (SSSR count). The van der Waals surface area contributed by atoms with Gasteiger partial charge < -0.3 is 11.1 Å². The highest BCUT2D eigenvalue weighted by Crippen LogP contribution is 2.18. The number of benzene rings is 1. The van der Waals surface area contributed by atoms with Gasteiger partial charge in [-0.2, -0.15) is 0 Å². The topological polar surface area (TPSA) is 187 Å². The minimum absolute atomic E-state index is 0.0187. The lowest BCUT2D eigenvalue weighted by molar-refractivity contribution is -0.116. The highest BCUT2D eigenvalue weighted by molar-refractivity contribution is 7.91. The van der Waals surface area contributed by atoms with Crippen LogP contribution < -0.4 is 20.9 Å². The molecule has 11 nitrogen and oxygen atoms in total. The molecule has 2 aromatic rings. The van der Waals surface area contributed by atoms with Crippen LogP contribution in [0.15, 0.2) is 33.5 Å². The van der Waals surface area contributed by atoms with Crippen LogP contribution in [0.1, 0.15) is 6.42 Å². The second kappa shape index (κ2) is 7.40. The number of carbonyl (C=O) groups is 1. The van der Waals surface area contributed by atoms with Crippen molar-refractivity contribution in [2.75, 3.05) is 17.6 Å². The van der Waals surface area contributed by atoms with Crippen molar-refractivity contribution in [3.63, 3.8) is 0 Å². The molecule has 1 heterocycles. The number of nitrogens with zero attached hydrogens (tertiary/aromatic N) is 2. The summed E-state index contributed by atoms with van der Waals surface area (Å²) < 4.78 is 48.0. The third-order valence-corrected chi connectivity index (χ3v) is 6.32. The van der Waals surface area contributed by atoms with Crippen LogP contribution in [0, 0.1) is 0 Å². The first kappa shape index (κ1) is 19.2. The maximum atomic E-state index is 12.0.